The van der Waals surface area contributed by atoms with Crippen molar-refractivity contribution in [3.63, 3.8) is 0 Å². The van der Waals surface area contributed by atoms with Crippen LogP contribution < -0.4 is 10.6 Å². The monoisotopic (exact) mass is 226 g/mol. The molecule has 2 rings (SSSR count). The normalized spacial score (nSPS) is 26.1. The maximum atomic E-state index is 5.64. The van der Waals surface area contributed by atoms with Crippen LogP contribution in [-0.2, 0) is 11.2 Å². The van der Waals surface area contributed by atoms with Gasteiger partial charge in [-0.1, -0.05) is 5.10 Å². The Labute approximate surface area is 94.8 Å². The minimum Gasteiger partial charge on any atom is -0.408 e. The number of morpholine rings is 1. The van der Waals surface area contributed by atoms with Crippen molar-refractivity contribution in [1.29, 1.82) is 0 Å². The standard InChI is InChI=1S/C10H18N4O2/c1-7-5-14(6-8(2)15-7)10-13-12-9(16-10)3-4-11/h7-8H,3-6,11H2,1-2H3. The first-order valence-electron chi connectivity index (χ1n) is 5.62. The van der Waals surface area contributed by atoms with Crippen LogP contribution in [0.2, 0.25) is 0 Å². The van der Waals surface area contributed by atoms with Gasteiger partial charge in [-0.3, -0.25) is 0 Å². The van der Waals surface area contributed by atoms with Crippen LogP contribution in [0.4, 0.5) is 6.01 Å². The minimum atomic E-state index is 0.189. The predicted octanol–water partition coefficient (Wildman–Crippen LogP) is 0.184. The number of nitrogens with zero attached hydrogens (tertiary/aromatic N) is 3. The zero-order valence-corrected chi connectivity index (χ0v) is 9.72. The molecule has 2 heterocycles. The van der Waals surface area contributed by atoms with Crippen molar-refractivity contribution in [3.8, 4) is 0 Å². The quantitative estimate of drug-likeness (QED) is 0.792. The molecule has 1 aliphatic heterocycles. The molecule has 1 saturated heterocycles. The fourth-order valence-corrected chi connectivity index (χ4v) is 1.93. The Kier molecular flexibility index (Phi) is 3.40. The van der Waals surface area contributed by atoms with Crippen molar-refractivity contribution in [2.75, 3.05) is 24.5 Å². The zero-order chi connectivity index (χ0) is 11.5. The summed E-state index contributed by atoms with van der Waals surface area (Å²) < 4.78 is 11.2. The largest absolute Gasteiger partial charge is 0.408 e. The van der Waals surface area contributed by atoms with E-state index in [-0.39, 0.29) is 12.2 Å². The number of hydrogen-bond acceptors (Lipinski definition) is 6. The molecule has 0 saturated carbocycles. The van der Waals surface area contributed by atoms with Gasteiger partial charge in [-0.05, 0) is 13.8 Å². The fourth-order valence-electron chi connectivity index (χ4n) is 1.93. The summed E-state index contributed by atoms with van der Waals surface area (Å²) in [6, 6.07) is 0.574. The lowest BCUT2D eigenvalue weighted by Crippen LogP contribution is -2.45. The zero-order valence-electron chi connectivity index (χ0n) is 9.72. The van der Waals surface area contributed by atoms with Gasteiger partial charge in [0.05, 0.1) is 12.2 Å². The third kappa shape index (κ3) is 2.51. The number of ether oxygens (including phenoxy) is 1. The van der Waals surface area contributed by atoms with E-state index in [1.807, 2.05) is 13.8 Å². The second kappa shape index (κ2) is 4.80. The number of nitrogens with two attached hydrogens (primary N) is 1. The summed E-state index contributed by atoms with van der Waals surface area (Å²) in [6.07, 6.45) is 1.00. The van der Waals surface area contributed by atoms with Gasteiger partial charge in [0.15, 0.2) is 0 Å². The Balaban J connectivity index is 2.04. The van der Waals surface area contributed by atoms with Crippen molar-refractivity contribution >= 4 is 6.01 Å². The molecule has 6 nitrogen and oxygen atoms in total. The van der Waals surface area contributed by atoms with Gasteiger partial charge in [0, 0.05) is 26.1 Å². The lowest BCUT2D eigenvalue weighted by molar-refractivity contribution is -0.00675. The smallest absolute Gasteiger partial charge is 0.318 e. The molecule has 1 fully saturated rings. The van der Waals surface area contributed by atoms with E-state index in [4.69, 9.17) is 14.9 Å². The first-order chi connectivity index (χ1) is 7.69. The maximum Gasteiger partial charge on any atom is 0.318 e. The minimum absolute atomic E-state index is 0.189. The Morgan fingerprint density at radius 2 is 2.00 bits per heavy atom. The summed E-state index contributed by atoms with van der Waals surface area (Å²) in [5.74, 6) is 0.601. The molecule has 2 unspecified atom stereocenters. The Morgan fingerprint density at radius 3 is 2.62 bits per heavy atom. The van der Waals surface area contributed by atoms with Crippen LogP contribution in [0.15, 0.2) is 4.42 Å². The average Bonchev–Trinajstić information content (AvgIpc) is 2.65. The van der Waals surface area contributed by atoms with Crippen molar-refractivity contribution in [1.82, 2.24) is 10.2 Å². The SMILES string of the molecule is CC1CN(c2nnc(CCN)o2)CC(C)O1. The van der Waals surface area contributed by atoms with Gasteiger partial charge in [0.25, 0.3) is 0 Å². The van der Waals surface area contributed by atoms with Crippen LogP contribution in [0.3, 0.4) is 0 Å². The van der Waals surface area contributed by atoms with Gasteiger partial charge in [-0.25, -0.2) is 0 Å². The van der Waals surface area contributed by atoms with E-state index in [2.05, 4.69) is 15.1 Å². The van der Waals surface area contributed by atoms with E-state index in [0.717, 1.165) is 13.1 Å². The van der Waals surface area contributed by atoms with E-state index >= 15 is 0 Å². The molecule has 2 N–H and O–H groups in total. The number of anilines is 1. The highest BCUT2D eigenvalue weighted by Crippen LogP contribution is 2.18. The number of aromatic nitrogens is 2. The topological polar surface area (TPSA) is 77.4 Å². The molecular weight excluding hydrogens is 208 g/mol. The summed E-state index contributed by atoms with van der Waals surface area (Å²) in [4.78, 5) is 2.06. The third-order valence-electron chi connectivity index (χ3n) is 2.50. The molecule has 1 aliphatic rings. The van der Waals surface area contributed by atoms with Gasteiger partial charge in [0.1, 0.15) is 0 Å². The molecule has 0 aromatic carbocycles. The van der Waals surface area contributed by atoms with Gasteiger partial charge >= 0.3 is 6.01 Å². The molecule has 0 bridgehead atoms. The van der Waals surface area contributed by atoms with Crippen molar-refractivity contribution in [2.24, 2.45) is 5.73 Å². The summed E-state index contributed by atoms with van der Waals surface area (Å²) in [5, 5.41) is 7.98. The summed E-state index contributed by atoms with van der Waals surface area (Å²) >= 11 is 0. The van der Waals surface area contributed by atoms with Crippen molar-refractivity contribution in [3.05, 3.63) is 5.89 Å². The molecule has 1 aromatic rings. The van der Waals surface area contributed by atoms with Crippen LogP contribution in [0.5, 0.6) is 0 Å². The Morgan fingerprint density at radius 1 is 1.31 bits per heavy atom. The predicted molar refractivity (Wildman–Crippen MR) is 59.3 cm³/mol. The van der Waals surface area contributed by atoms with Gasteiger partial charge in [-0.15, -0.1) is 5.10 Å². The lowest BCUT2D eigenvalue weighted by atomic mass is 10.2. The number of rotatable bonds is 3. The molecule has 90 valence electrons. The molecule has 0 spiro atoms. The van der Waals surface area contributed by atoms with Crippen LogP contribution in [0, 0.1) is 0 Å². The van der Waals surface area contributed by atoms with Crippen LogP contribution in [-0.4, -0.2) is 42.0 Å². The molecule has 0 amide bonds. The molecule has 6 heteroatoms. The first-order valence-corrected chi connectivity index (χ1v) is 5.62. The van der Waals surface area contributed by atoms with Crippen LogP contribution in [0.25, 0.3) is 0 Å². The van der Waals surface area contributed by atoms with Gasteiger partial charge in [-0.2, -0.15) is 0 Å². The van der Waals surface area contributed by atoms with E-state index in [1.165, 1.54) is 0 Å². The Bertz CT molecular complexity index is 331. The Hall–Kier alpha value is -1.14. The van der Waals surface area contributed by atoms with E-state index < -0.39 is 0 Å². The van der Waals surface area contributed by atoms with E-state index in [1.54, 1.807) is 0 Å². The molecular formula is C10H18N4O2. The summed E-state index contributed by atoms with van der Waals surface area (Å²) in [5.41, 5.74) is 5.43. The number of hydrogen-bond donors (Lipinski definition) is 1. The van der Waals surface area contributed by atoms with Crippen LogP contribution >= 0.6 is 0 Å². The second-order valence-electron chi connectivity index (χ2n) is 4.18. The fraction of sp³-hybridized carbons (Fsp3) is 0.800. The lowest BCUT2D eigenvalue weighted by Gasteiger charge is -2.33. The summed E-state index contributed by atoms with van der Waals surface area (Å²) in [7, 11) is 0. The van der Waals surface area contributed by atoms with Gasteiger partial charge in [0.2, 0.25) is 5.89 Å². The third-order valence-corrected chi connectivity index (χ3v) is 2.50. The van der Waals surface area contributed by atoms with Crippen LogP contribution in [0.1, 0.15) is 19.7 Å². The molecule has 0 radical (unpaired) electrons. The molecule has 2 atom stereocenters. The highest BCUT2D eigenvalue weighted by molar-refractivity contribution is 5.25. The highest BCUT2D eigenvalue weighted by atomic mass is 16.5. The van der Waals surface area contributed by atoms with E-state index in [9.17, 15) is 0 Å². The van der Waals surface area contributed by atoms with Crippen molar-refractivity contribution in [2.45, 2.75) is 32.5 Å². The maximum absolute atomic E-state index is 5.64. The molecule has 16 heavy (non-hydrogen) atoms. The summed E-state index contributed by atoms with van der Waals surface area (Å²) in [6.45, 7) is 6.18. The first kappa shape index (κ1) is 11.3. The molecule has 0 aliphatic carbocycles. The second-order valence-corrected chi connectivity index (χ2v) is 4.18. The average molecular weight is 226 g/mol. The van der Waals surface area contributed by atoms with Gasteiger partial charge < -0.3 is 19.8 Å². The van der Waals surface area contributed by atoms with Crippen molar-refractivity contribution < 1.29 is 9.15 Å². The highest BCUT2D eigenvalue weighted by Gasteiger charge is 2.25. The van der Waals surface area contributed by atoms with E-state index in [0.29, 0.717) is 24.9 Å². The molecule has 1 aromatic heterocycles.